The van der Waals surface area contributed by atoms with Gasteiger partial charge in [-0.25, -0.2) is 8.42 Å². The van der Waals surface area contributed by atoms with Crippen molar-refractivity contribution in [3.05, 3.63) is 29.8 Å². The number of sulfonamides is 1. The van der Waals surface area contributed by atoms with Gasteiger partial charge in [0.1, 0.15) is 0 Å². The normalized spacial score (nSPS) is 22.1. The Balaban J connectivity index is 2.15. The number of para-hydroxylation sites is 1. The fourth-order valence-corrected chi connectivity index (χ4v) is 3.85. The Hall–Kier alpha value is -1.11. The summed E-state index contributed by atoms with van der Waals surface area (Å²) < 4.78 is 31.8. The molecule has 0 aromatic heterocycles. The summed E-state index contributed by atoms with van der Waals surface area (Å²) in [6, 6.07) is 7.08. The maximum absolute atomic E-state index is 12.4. The molecule has 1 heterocycles. The Morgan fingerprint density at radius 3 is 2.89 bits per heavy atom. The van der Waals surface area contributed by atoms with Crippen LogP contribution in [-0.4, -0.2) is 38.5 Å². The van der Waals surface area contributed by atoms with E-state index in [0.29, 0.717) is 30.9 Å². The molecule has 1 unspecified atom stereocenters. The topological polar surface area (TPSA) is 72.6 Å². The molecular formula is C13H20N2O3S. The van der Waals surface area contributed by atoms with Gasteiger partial charge in [0.15, 0.2) is 0 Å². The molecule has 2 rings (SSSR count). The molecule has 2 N–H and O–H groups in total. The number of ether oxygens (including phenoxy) is 1. The summed E-state index contributed by atoms with van der Waals surface area (Å²) in [4.78, 5) is 0. The maximum atomic E-state index is 12.4. The van der Waals surface area contributed by atoms with Gasteiger partial charge in [-0.2, -0.15) is 4.31 Å². The van der Waals surface area contributed by atoms with Crippen LogP contribution in [0.15, 0.2) is 24.3 Å². The first-order valence-corrected chi connectivity index (χ1v) is 8.03. The first kappa shape index (κ1) is 14.3. The lowest BCUT2D eigenvalue weighted by Crippen LogP contribution is -2.36. The monoisotopic (exact) mass is 284 g/mol. The smallest absolute Gasteiger partial charge is 0.218 e. The quantitative estimate of drug-likeness (QED) is 0.847. The average molecular weight is 284 g/mol. The summed E-state index contributed by atoms with van der Waals surface area (Å²) in [5.41, 5.74) is 6.98. The fourth-order valence-electron chi connectivity index (χ4n) is 2.16. The van der Waals surface area contributed by atoms with Gasteiger partial charge in [0.25, 0.3) is 0 Å². The van der Waals surface area contributed by atoms with Crippen molar-refractivity contribution in [2.45, 2.75) is 25.2 Å². The van der Waals surface area contributed by atoms with Crippen molar-refractivity contribution in [2.24, 2.45) is 0 Å². The van der Waals surface area contributed by atoms with Crippen molar-refractivity contribution in [2.75, 3.05) is 25.4 Å². The molecule has 0 bridgehead atoms. The number of hydrogen-bond acceptors (Lipinski definition) is 4. The predicted molar refractivity (Wildman–Crippen MR) is 75.1 cm³/mol. The van der Waals surface area contributed by atoms with Gasteiger partial charge in [0.2, 0.25) is 10.0 Å². The van der Waals surface area contributed by atoms with Crippen molar-refractivity contribution >= 4 is 15.7 Å². The number of hydrogen-bond donors (Lipinski definition) is 1. The highest BCUT2D eigenvalue weighted by Gasteiger charge is 2.26. The van der Waals surface area contributed by atoms with Crippen LogP contribution in [0.25, 0.3) is 0 Å². The lowest BCUT2D eigenvalue weighted by atomic mass is 10.2. The summed E-state index contributed by atoms with van der Waals surface area (Å²) in [5, 5.41) is 0. The second-order valence-corrected chi connectivity index (χ2v) is 6.82. The van der Waals surface area contributed by atoms with Gasteiger partial charge in [-0.05, 0) is 25.0 Å². The predicted octanol–water partition coefficient (Wildman–Crippen LogP) is 1.21. The molecule has 19 heavy (non-hydrogen) atoms. The first-order chi connectivity index (χ1) is 8.99. The van der Waals surface area contributed by atoms with Crippen LogP contribution < -0.4 is 5.73 Å². The summed E-state index contributed by atoms with van der Waals surface area (Å²) in [6.45, 7) is 3.43. The van der Waals surface area contributed by atoms with Gasteiger partial charge in [0.05, 0.1) is 11.9 Å². The highest BCUT2D eigenvalue weighted by molar-refractivity contribution is 7.88. The molecule has 0 aliphatic carbocycles. The number of anilines is 1. The molecule has 1 aliphatic rings. The fraction of sp³-hybridized carbons (Fsp3) is 0.538. The Morgan fingerprint density at radius 1 is 1.42 bits per heavy atom. The summed E-state index contributed by atoms with van der Waals surface area (Å²) in [6.07, 6.45) is 0.666. The van der Waals surface area contributed by atoms with E-state index in [4.69, 9.17) is 10.5 Å². The van der Waals surface area contributed by atoms with E-state index >= 15 is 0 Å². The molecular weight excluding hydrogens is 264 g/mol. The van der Waals surface area contributed by atoms with Crippen LogP contribution >= 0.6 is 0 Å². The van der Waals surface area contributed by atoms with Gasteiger partial charge in [-0.15, -0.1) is 0 Å². The third-order valence-electron chi connectivity index (χ3n) is 3.20. The summed E-state index contributed by atoms with van der Waals surface area (Å²) in [5.74, 6) is -0.0492. The van der Waals surface area contributed by atoms with E-state index in [0.717, 1.165) is 6.42 Å². The zero-order chi connectivity index (χ0) is 13.9. The molecule has 1 aromatic carbocycles. The molecule has 0 saturated carbocycles. The van der Waals surface area contributed by atoms with E-state index in [9.17, 15) is 8.42 Å². The number of benzene rings is 1. The Bertz CT molecular complexity index is 530. The zero-order valence-corrected chi connectivity index (χ0v) is 11.9. The largest absolute Gasteiger partial charge is 0.398 e. The number of nitrogens with zero attached hydrogens (tertiary/aromatic N) is 1. The van der Waals surface area contributed by atoms with Crippen molar-refractivity contribution in [3.63, 3.8) is 0 Å². The maximum Gasteiger partial charge on any atom is 0.218 e. The van der Waals surface area contributed by atoms with Gasteiger partial charge in [-0.3, -0.25) is 0 Å². The highest BCUT2D eigenvalue weighted by Crippen LogP contribution is 2.18. The minimum absolute atomic E-state index is 0.0492. The number of nitrogens with two attached hydrogens (primary N) is 1. The van der Waals surface area contributed by atoms with E-state index in [-0.39, 0.29) is 11.9 Å². The first-order valence-electron chi connectivity index (χ1n) is 6.42. The van der Waals surface area contributed by atoms with Gasteiger partial charge < -0.3 is 10.5 Å². The molecule has 1 aromatic rings. The van der Waals surface area contributed by atoms with Crippen molar-refractivity contribution < 1.29 is 13.2 Å². The van der Waals surface area contributed by atoms with Crippen LogP contribution in [0.3, 0.4) is 0 Å². The molecule has 6 heteroatoms. The van der Waals surface area contributed by atoms with E-state index in [1.807, 2.05) is 6.92 Å². The second-order valence-electron chi connectivity index (χ2n) is 4.85. The molecule has 0 amide bonds. The SMILES string of the molecule is CC1CN(S(=O)(=O)Cc2ccccc2N)CCCO1. The summed E-state index contributed by atoms with van der Waals surface area (Å²) >= 11 is 0. The Labute approximate surface area is 114 Å². The minimum atomic E-state index is -3.34. The van der Waals surface area contributed by atoms with Gasteiger partial charge >= 0.3 is 0 Å². The molecule has 0 radical (unpaired) electrons. The Kier molecular flexibility index (Phi) is 4.44. The van der Waals surface area contributed by atoms with Crippen molar-refractivity contribution in [1.29, 1.82) is 0 Å². The molecule has 1 atom stereocenters. The lowest BCUT2D eigenvalue weighted by molar-refractivity contribution is 0.0752. The lowest BCUT2D eigenvalue weighted by Gasteiger charge is -2.22. The van der Waals surface area contributed by atoms with E-state index in [1.54, 1.807) is 24.3 Å². The van der Waals surface area contributed by atoms with Gasteiger partial charge in [-0.1, -0.05) is 18.2 Å². The minimum Gasteiger partial charge on any atom is -0.398 e. The highest BCUT2D eigenvalue weighted by atomic mass is 32.2. The van der Waals surface area contributed by atoms with Crippen LogP contribution in [0, 0.1) is 0 Å². The third kappa shape index (κ3) is 3.68. The molecule has 106 valence electrons. The van der Waals surface area contributed by atoms with Gasteiger partial charge in [0, 0.05) is 25.4 Å². The van der Waals surface area contributed by atoms with Crippen LogP contribution in [-0.2, 0) is 20.5 Å². The zero-order valence-electron chi connectivity index (χ0n) is 11.1. The average Bonchev–Trinajstić information content (AvgIpc) is 2.57. The summed E-state index contributed by atoms with van der Waals surface area (Å²) in [7, 11) is -3.34. The third-order valence-corrected chi connectivity index (χ3v) is 5.00. The van der Waals surface area contributed by atoms with E-state index < -0.39 is 10.0 Å². The molecule has 0 spiro atoms. The second kappa shape index (κ2) is 5.90. The van der Waals surface area contributed by atoms with E-state index in [1.165, 1.54) is 4.31 Å². The van der Waals surface area contributed by atoms with Crippen molar-refractivity contribution in [1.82, 2.24) is 4.31 Å². The van der Waals surface area contributed by atoms with Crippen LogP contribution in [0.1, 0.15) is 18.9 Å². The molecule has 1 aliphatic heterocycles. The Morgan fingerprint density at radius 2 is 2.16 bits per heavy atom. The van der Waals surface area contributed by atoms with Crippen molar-refractivity contribution in [3.8, 4) is 0 Å². The number of nitrogen functional groups attached to an aromatic ring is 1. The van der Waals surface area contributed by atoms with E-state index in [2.05, 4.69) is 0 Å². The number of rotatable bonds is 3. The standard InChI is InChI=1S/C13H20N2O3S/c1-11-9-15(7-4-8-18-11)19(16,17)10-12-5-2-3-6-13(12)14/h2-3,5-6,11H,4,7-10,14H2,1H3. The van der Waals surface area contributed by atoms with Crippen LogP contribution in [0.5, 0.6) is 0 Å². The van der Waals surface area contributed by atoms with Crippen LogP contribution in [0.2, 0.25) is 0 Å². The molecule has 1 fully saturated rings. The molecule has 5 nitrogen and oxygen atoms in total. The van der Waals surface area contributed by atoms with Crippen LogP contribution in [0.4, 0.5) is 5.69 Å². The molecule has 1 saturated heterocycles.